The average molecular weight is 365 g/mol. The SMILES string of the molecule is CN=C(NCc1ccc(F)c(C)c1)NCC(CC(C)C)N1CCOCC1. The van der Waals surface area contributed by atoms with Crippen molar-refractivity contribution in [3.8, 4) is 0 Å². The predicted molar refractivity (Wildman–Crippen MR) is 105 cm³/mol. The van der Waals surface area contributed by atoms with Gasteiger partial charge in [-0.3, -0.25) is 9.89 Å². The Kier molecular flexibility index (Phi) is 8.32. The second-order valence-electron chi connectivity index (χ2n) is 7.32. The van der Waals surface area contributed by atoms with Crippen LogP contribution in [-0.2, 0) is 11.3 Å². The van der Waals surface area contributed by atoms with Crippen LogP contribution >= 0.6 is 0 Å². The van der Waals surface area contributed by atoms with Gasteiger partial charge in [-0.1, -0.05) is 26.0 Å². The number of hydrogen-bond acceptors (Lipinski definition) is 3. The molecule has 1 saturated heterocycles. The van der Waals surface area contributed by atoms with Gasteiger partial charge in [-0.25, -0.2) is 4.39 Å². The van der Waals surface area contributed by atoms with Gasteiger partial charge in [0.25, 0.3) is 0 Å². The van der Waals surface area contributed by atoms with Gasteiger partial charge in [0.2, 0.25) is 0 Å². The standard InChI is InChI=1S/C20H33FN4O/c1-15(2)11-18(25-7-9-26-10-8-25)14-24-20(22-4)23-13-17-5-6-19(21)16(3)12-17/h5-6,12,15,18H,7-11,13-14H2,1-4H3,(H2,22,23,24). The van der Waals surface area contributed by atoms with E-state index < -0.39 is 0 Å². The molecule has 0 spiro atoms. The molecule has 1 atom stereocenters. The Morgan fingerprint density at radius 2 is 2.00 bits per heavy atom. The first-order chi connectivity index (χ1) is 12.5. The second kappa shape index (κ2) is 10.5. The van der Waals surface area contributed by atoms with Crippen LogP contribution in [0.15, 0.2) is 23.2 Å². The van der Waals surface area contributed by atoms with Crippen LogP contribution in [0.1, 0.15) is 31.4 Å². The molecule has 26 heavy (non-hydrogen) atoms. The summed E-state index contributed by atoms with van der Waals surface area (Å²) in [6, 6.07) is 5.65. The summed E-state index contributed by atoms with van der Waals surface area (Å²) in [6.07, 6.45) is 1.14. The normalized spacial score (nSPS) is 17.4. The predicted octanol–water partition coefficient (Wildman–Crippen LogP) is 2.55. The van der Waals surface area contributed by atoms with Gasteiger partial charge in [0, 0.05) is 39.3 Å². The first kappa shape index (κ1) is 20.6. The molecule has 5 nitrogen and oxygen atoms in total. The summed E-state index contributed by atoms with van der Waals surface area (Å²) in [4.78, 5) is 6.82. The zero-order valence-electron chi connectivity index (χ0n) is 16.5. The van der Waals surface area contributed by atoms with Crippen molar-refractivity contribution in [2.45, 2.75) is 39.8 Å². The maximum atomic E-state index is 13.4. The largest absolute Gasteiger partial charge is 0.379 e. The summed E-state index contributed by atoms with van der Waals surface area (Å²) in [6.45, 7) is 11.4. The highest BCUT2D eigenvalue weighted by Crippen LogP contribution is 2.13. The minimum Gasteiger partial charge on any atom is -0.379 e. The van der Waals surface area contributed by atoms with E-state index in [-0.39, 0.29) is 5.82 Å². The first-order valence-electron chi connectivity index (χ1n) is 9.51. The lowest BCUT2D eigenvalue weighted by molar-refractivity contribution is 0.0132. The summed E-state index contributed by atoms with van der Waals surface area (Å²) in [5.74, 6) is 1.24. The van der Waals surface area contributed by atoms with Crippen LogP contribution in [-0.4, -0.2) is 56.8 Å². The van der Waals surface area contributed by atoms with Crippen molar-refractivity contribution in [1.29, 1.82) is 0 Å². The number of benzene rings is 1. The van der Waals surface area contributed by atoms with Crippen LogP contribution in [0.3, 0.4) is 0 Å². The molecule has 0 amide bonds. The Bertz CT molecular complexity index is 585. The van der Waals surface area contributed by atoms with Crippen LogP contribution in [0.5, 0.6) is 0 Å². The second-order valence-corrected chi connectivity index (χ2v) is 7.32. The molecule has 1 aliphatic rings. The van der Waals surface area contributed by atoms with Crippen molar-refractivity contribution in [1.82, 2.24) is 15.5 Å². The third-order valence-electron chi connectivity index (χ3n) is 4.72. The fourth-order valence-corrected chi connectivity index (χ4v) is 3.29. The van der Waals surface area contributed by atoms with E-state index in [0.29, 0.717) is 24.1 Å². The maximum Gasteiger partial charge on any atom is 0.191 e. The summed E-state index contributed by atoms with van der Waals surface area (Å²) >= 11 is 0. The van der Waals surface area contributed by atoms with E-state index in [1.54, 1.807) is 20.0 Å². The lowest BCUT2D eigenvalue weighted by atomic mass is 10.0. The molecule has 0 aromatic heterocycles. The van der Waals surface area contributed by atoms with Crippen molar-refractivity contribution < 1.29 is 9.13 Å². The van der Waals surface area contributed by atoms with E-state index in [1.165, 1.54) is 6.07 Å². The molecule has 6 heteroatoms. The van der Waals surface area contributed by atoms with Crippen molar-refractivity contribution in [2.24, 2.45) is 10.9 Å². The molecule has 1 aromatic carbocycles. The molecule has 1 aliphatic heterocycles. The lowest BCUT2D eigenvalue weighted by Crippen LogP contribution is -2.50. The highest BCUT2D eigenvalue weighted by Gasteiger charge is 2.22. The number of halogens is 1. The third-order valence-corrected chi connectivity index (χ3v) is 4.72. The molecule has 0 bridgehead atoms. The fraction of sp³-hybridized carbons (Fsp3) is 0.650. The van der Waals surface area contributed by atoms with Crippen molar-refractivity contribution in [2.75, 3.05) is 39.9 Å². The zero-order valence-corrected chi connectivity index (χ0v) is 16.5. The van der Waals surface area contributed by atoms with E-state index >= 15 is 0 Å². The summed E-state index contributed by atoms with van der Waals surface area (Å²) in [7, 11) is 1.78. The van der Waals surface area contributed by atoms with E-state index in [9.17, 15) is 4.39 Å². The molecule has 2 N–H and O–H groups in total. The van der Waals surface area contributed by atoms with Crippen LogP contribution in [0, 0.1) is 18.7 Å². The van der Waals surface area contributed by atoms with E-state index in [4.69, 9.17) is 4.74 Å². The maximum absolute atomic E-state index is 13.4. The molecular formula is C20H33FN4O. The number of nitrogens with zero attached hydrogens (tertiary/aromatic N) is 2. The Morgan fingerprint density at radius 3 is 2.62 bits per heavy atom. The number of rotatable bonds is 7. The van der Waals surface area contributed by atoms with Crippen molar-refractivity contribution >= 4 is 5.96 Å². The topological polar surface area (TPSA) is 48.9 Å². The minimum atomic E-state index is -0.168. The number of guanidine groups is 1. The van der Waals surface area contributed by atoms with Crippen LogP contribution in [0.25, 0.3) is 0 Å². The molecule has 0 aliphatic carbocycles. The first-order valence-corrected chi connectivity index (χ1v) is 9.51. The summed E-state index contributed by atoms with van der Waals surface area (Å²) < 4.78 is 18.9. The van der Waals surface area contributed by atoms with Gasteiger partial charge in [0.1, 0.15) is 5.82 Å². The molecule has 2 rings (SSSR count). The molecule has 0 saturated carbocycles. The number of aliphatic imine (C=N–C) groups is 1. The van der Waals surface area contributed by atoms with Gasteiger partial charge in [-0.15, -0.1) is 0 Å². The van der Waals surface area contributed by atoms with Crippen LogP contribution < -0.4 is 10.6 Å². The molecular weight excluding hydrogens is 331 g/mol. The summed E-state index contributed by atoms with van der Waals surface area (Å²) in [5, 5.41) is 6.77. The number of hydrogen-bond donors (Lipinski definition) is 2. The van der Waals surface area contributed by atoms with Crippen LogP contribution in [0.4, 0.5) is 4.39 Å². The Balaban J connectivity index is 1.87. The molecule has 1 unspecified atom stereocenters. The van der Waals surface area contributed by atoms with Gasteiger partial charge in [0.15, 0.2) is 5.96 Å². The number of aryl methyl sites for hydroxylation is 1. The molecule has 1 heterocycles. The number of nitrogens with one attached hydrogen (secondary N) is 2. The molecule has 1 aromatic rings. The highest BCUT2D eigenvalue weighted by atomic mass is 19.1. The van der Waals surface area contributed by atoms with Gasteiger partial charge in [-0.05, 0) is 36.5 Å². The van der Waals surface area contributed by atoms with Gasteiger partial charge in [0.05, 0.1) is 13.2 Å². The molecule has 0 radical (unpaired) electrons. The quantitative estimate of drug-likeness (QED) is 0.577. The minimum absolute atomic E-state index is 0.168. The third kappa shape index (κ3) is 6.57. The van der Waals surface area contributed by atoms with E-state index in [1.807, 2.05) is 6.07 Å². The van der Waals surface area contributed by atoms with Crippen molar-refractivity contribution in [3.05, 3.63) is 35.1 Å². The van der Waals surface area contributed by atoms with Gasteiger partial charge < -0.3 is 15.4 Å². The number of morpholine rings is 1. The lowest BCUT2D eigenvalue weighted by Gasteiger charge is -2.35. The highest BCUT2D eigenvalue weighted by molar-refractivity contribution is 5.79. The summed E-state index contributed by atoms with van der Waals surface area (Å²) in [5.41, 5.74) is 1.70. The van der Waals surface area contributed by atoms with Crippen molar-refractivity contribution in [3.63, 3.8) is 0 Å². The van der Waals surface area contributed by atoms with E-state index in [0.717, 1.165) is 50.8 Å². The van der Waals surface area contributed by atoms with E-state index in [2.05, 4.69) is 34.4 Å². The smallest absolute Gasteiger partial charge is 0.191 e. The van der Waals surface area contributed by atoms with Gasteiger partial charge in [-0.2, -0.15) is 0 Å². The fourth-order valence-electron chi connectivity index (χ4n) is 3.29. The number of ether oxygens (including phenoxy) is 1. The zero-order chi connectivity index (χ0) is 18.9. The van der Waals surface area contributed by atoms with Crippen LogP contribution in [0.2, 0.25) is 0 Å². The molecule has 146 valence electrons. The average Bonchev–Trinajstić information content (AvgIpc) is 2.64. The monoisotopic (exact) mass is 364 g/mol. The Hall–Kier alpha value is -1.66. The van der Waals surface area contributed by atoms with Gasteiger partial charge >= 0.3 is 0 Å². The molecule has 1 fully saturated rings. The Morgan fingerprint density at radius 1 is 1.27 bits per heavy atom. The Labute approximate surface area is 157 Å².